The molecular formula is C8H13N3O3. The molecule has 6 heteroatoms. The average Bonchev–Trinajstić information content (AvgIpc) is 2.64. The van der Waals surface area contributed by atoms with Crippen molar-refractivity contribution in [3.63, 3.8) is 0 Å². The van der Waals surface area contributed by atoms with Crippen LogP contribution in [-0.2, 0) is 6.54 Å². The average molecular weight is 199 g/mol. The standard InChI is InChI=1S/C8H13N3O3/c1-9-8(14)7-2-10-5-11(7)3-6(13)4-12/h2,5-6,12-13H,3-4H2,1H3,(H,9,14). The van der Waals surface area contributed by atoms with E-state index in [-0.39, 0.29) is 19.1 Å². The number of imidazole rings is 1. The molecule has 0 saturated heterocycles. The minimum Gasteiger partial charge on any atom is -0.394 e. The van der Waals surface area contributed by atoms with Gasteiger partial charge in [-0.1, -0.05) is 0 Å². The molecule has 1 rings (SSSR count). The van der Waals surface area contributed by atoms with Crippen molar-refractivity contribution in [2.75, 3.05) is 13.7 Å². The maximum atomic E-state index is 11.2. The third-order valence-electron chi connectivity index (χ3n) is 1.79. The van der Waals surface area contributed by atoms with Crippen LogP contribution < -0.4 is 5.32 Å². The summed E-state index contributed by atoms with van der Waals surface area (Å²) in [5.74, 6) is -0.271. The van der Waals surface area contributed by atoms with E-state index < -0.39 is 6.10 Å². The Morgan fingerprint density at radius 1 is 1.79 bits per heavy atom. The maximum Gasteiger partial charge on any atom is 0.269 e. The predicted octanol–water partition coefficient (Wildman–Crippen LogP) is -1.40. The van der Waals surface area contributed by atoms with Crippen LogP contribution in [0.15, 0.2) is 12.5 Å². The van der Waals surface area contributed by atoms with Crippen molar-refractivity contribution in [1.29, 1.82) is 0 Å². The van der Waals surface area contributed by atoms with Crippen molar-refractivity contribution in [2.24, 2.45) is 0 Å². The molecular weight excluding hydrogens is 186 g/mol. The highest BCUT2D eigenvalue weighted by Crippen LogP contribution is 2.00. The third-order valence-corrected chi connectivity index (χ3v) is 1.79. The number of hydrogen-bond donors (Lipinski definition) is 3. The van der Waals surface area contributed by atoms with Crippen LogP contribution >= 0.6 is 0 Å². The highest BCUT2D eigenvalue weighted by atomic mass is 16.3. The summed E-state index contributed by atoms with van der Waals surface area (Å²) in [6.45, 7) is -0.190. The predicted molar refractivity (Wildman–Crippen MR) is 48.7 cm³/mol. The van der Waals surface area contributed by atoms with Crippen LogP contribution in [0, 0.1) is 0 Å². The molecule has 1 amide bonds. The molecule has 0 aromatic carbocycles. The zero-order valence-electron chi connectivity index (χ0n) is 7.84. The van der Waals surface area contributed by atoms with Gasteiger partial charge in [0.1, 0.15) is 5.69 Å². The molecule has 0 aliphatic carbocycles. The molecule has 0 spiro atoms. The van der Waals surface area contributed by atoms with E-state index in [1.807, 2.05) is 0 Å². The summed E-state index contributed by atoms with van der Waals surface area (Å²) in [6.07, 6.45) is 1.96. The number of aliphatic hydroxyl groups is 2. The van der Waals surface area contributed by atoms with Gasteiger partial charge in [-0.25, -0.2) is 4.98 Å². The fourth-order valence-electron chi connectivity index (χ4n) is 1.07. The molecule has 1 aromatic rings. The van der Waals surface area contributed by atoms with Gasteiger partial charge in [-0.2, -0.15) is 0 Å². The molecule has 1 atom stereocenters. The highest BCUT2D eigenvalue weighted by Gasteiger charge is 2.12. The maximum absolute atomic E-state index is 11.2. The number of nitrogens with one attached hydrogen (secondary N) is 1. The SMILES string of the molecule is CNC(=O)c1cncn1CC(O)CO. The molecule has 0 bridgehead atoms. The minimum absolute atomic E-state index is 0.152. The Balaban J connectivity index is 2.77. The number of carbonyl (C=O) groups excluding carboxylic acids is 1. The van der Waals surface area contributed by atoms with E-state index in [1.165, 1.54) is 24.1 Å². The molecule has 14 heavy (non-hydrogen) atoms. The Kier molecular flexibility index (Phi) is 3.61. The van der Waals surface area contributed by atoms with Crippen LogP contribution in [-0.4, -0.2) is 45.4 Å². The van der Waals surface area contributed by atoms with E-state index in [2.05, 4.69) is 10.3 Å². The van der Waals surface area contributed by atoms with Crippen LogP contribution in [0.3, 0.4) is 0 Å². The largest absolute Gasteiger partial charge is 0.394 e. The second-order valence-electron chi connectivity index (χ2n) is 2.85. The Hall–Kier alpha value is -1.40. The van der Waals surface area contributed by atoms with Crippen molar-refractivity contribution in [1.82, 2.24) is 14.9 Å². The second-order valence-corrected chi connectivity index (χ2v) is 2.85. The van der Waals surface area contributed by atoms with Crippen LogP contribution in [0.25, 0.3) is 0 Å². The van der Waals surface area contributed by atoms with E-state index in [1.54, 1.807) is 0 Å². The Morgan fingerprint density at radius 3 is 3.07 bits per heavy atom. The summed E-state index contributed by atoms with van der Waals surface area (Å²) < 4.78 is 1.49. The Morgan fingerprint density at radius 2 is 2.50 bits per heavy atom. The molecule has 1 aromatic heterocycles. The lowest BCUT2D eigenvalue weighted by molar-refractivity contribution is 0.0788. The molecule has 0 aliphatic heterocycles. The Bertz CT molecular complexity index is 311. The number of amides is 1. The van der Waals surface area contributed by atoms with Crippen LogP contribution in [0.2, 0.25) is 0 Å². The van der Waals surface area contributed by atoms with Gasteiger partial charge < -0.3 is 20.1 Å². The molecule has 3 N–H and O–H groups in total. The van der Waals surface area contributed by atoms with Gasteiger partial charge in [-0.05, 0) is 0 Å². The Labute approximate surface area is 81.2 Å². The fourth-order valence-corrected chi connectivity index (χ4v) is 1.07. The van der Waals surface area contributed by atoms with Gasteiger partial charge in [0.2, 0.25) is 0 Å². The number of aromatic nitrogens is 2. The zero-order valence-corrected chi connectivity index (χ0v) is 7.84. The quantitative estimate of drug-likeness (QED) is 0.556. The molecule has 0 saturated carbocycles. The van der Waals surface area contributed by atoms with Gasteiger partial charge in [0.25, 0.3) is 5.91 Å². The molecule has 1 unspecified atom stereocenters. The zero-order chi connectivity index (χ0) is 10.6. The summed E-state index contributed by atoms with van der Waals surface area (Å²) in [5.41, 5.74) is 0.361. The van der Waals surface area contributed by atoms with Gasteiger partial charge in [-0.15, -0.1) is 0 Å². The lowest BCUT2D eigenvalue weighted by Gasteiger charge is -2.10. The normalized spacial score (nSPS) is 12.5. The molecule has 1 heterocycles. The number of nitrogens with zero attached hydrogens (tertiary/aromatic N) is 2. The van der Waals surface area contributed by atoms with Crippen LogP contribution in [0.5, 0.6) is 0 Å². The van der Waals surface area contributed by atoms with Crippen molar-refractivity contribution < 1.29 is 15.0 Å². The summed E-state index contributed by atoms with van der Waals surface area (Å²) in [5, 5.41) is 20.3. The molecule has 0 aliphatic rings. The molecule has 0 fully saturated rings. The monoisotopic (exact) mass is 199 g/mol. The van der Waals surface area contributed by atoms with E-state index in [9.17, 15) is 9.90 Å². The first-order valence-electron chi connectivity index (χ1n) is 4.20. The van der Waals surface area contributed by atoms with Gasteiger partial charge in [0.15, 0.2) is 0 Å². The first-order chi connectivity index (χ1) is 6.69. The smallest absolute Gasteiger partial charge is 0.269 e. The summed E-state index contributed by atoms with van der Waals surface area (Å²) in [6, 6.07) is 0. The number of aliphatic hydroxyl groups excluding tert-OH is 2. The second kappa shape index (κ2) is 4.73. The topological polar surface area (TPSA) is 87.4 Å². The molecule has 78 valence electrons. The van der Waals surface area contributed by atoms with E-state index in [0.717, 1.165) is 0 Å². The van der Waals surface area contributed by atoms with Gasteiger partial charge in [0.05, 0.1) is 31.8 Å². The summed E-state index contributed by atoms with van der Waals surface area (Å²) in [7, 11) is 1.52. The lowest BCUT2D eigenvalue weighted by atomic mass is 10.3. The number of carbonyl (C=O) groups is 1. The van der Waals surface area contributed by atoms with Gasteiger partial charge in [-0.3, -0.25) is 4.79 Å². The van der Waals surface area contributed by atoms with Crippen molar-refractivity contribution in [3.8, 4) is 0 Å². The fraction of sp³-hybridized carbons (Fsp3) is 0.500. The van der Waals surface area contributed by atoms with Crippen molar-refractivity contribution in [3.05, 3.63) is 18.2 Å². The van der Waals surface area contributed by atoms with Crippen molar-refractivity contribution in [2.45, 2.75) is 12.6 Å². The van der Waals surface area contributed by atoms with Gasteiger partial charge in [0, 0.05) is 7.05 Å². The van der Waals surface area contributed by atoms with E-state index in [4.69, 9.17) is 5.11 Å². The summed E-state index contributed by atoms with van der Waals surface area (Å²) >= 11 is 0. The molecule has 6 nitrogen and oxygen atoms in total. The molecule has 0 radical (unpaired) electrons. The highest BCUT2D eigenvalue weighted by molar-refractivity contribution is 5.92. The van der Waals surface area contributed by atoms with Crippen LogP contribution in [0.4, 0.5) is 0 Å². The third kappa shape index (κ3) is 2.30. The summed E-state index contributed by atoms with van der Waals surface area (Å²) in [4.78, 5) is 15.0. The number of hydrogen-bond acceptors (Lipinski definition) is 4. The van der Waals surface area contributed by atoms with Crippen molar-refractivity contribution >= 4 is 5.91 Å². The lowest BCUT2D eigenvalue weighted by Crippen LogP contribution is -2.26. The first-order valence-corrected chi connectivity index (χ1v) is 4.20. The van der Waals surface area contributed by atoms with E-state index in [0.29, 0.717) is 5.69 Å². The van der Waals surface area contributed by atoms with E-state index >= 15 is 0 Å². The first kappa shape index (κ1) is 10.7. The minimum atomic E-state index is -0.882. The number of rotatable bonds is 4. The van der Waals surface area contributed by atoms with Gasteiger partial charge >= 0.3 is 0 Å². The van der Waals surface area contributed by atoms with Crippen LogP contribution in [0.1, 0.15) is 10.5 Å².